The maximum absolute atomic E-state index is 13.2. The largest absolute Gasteiger partial charge is 0.371 e. The van der Waals surface area contributed by atoms with E-state index in [1.165, 1.54) is 11.3 Å². The molecule has 1 aromatic rings. The molecule has 1 saturated heterocycles. The zero-order valence-electron chi connectivity index (χ0n) is 9.90. The van der Waals surface area contributed by atoms with Gasteiger partial charge in [0.1, 0.15) is 6.17 Å². The summed E-state index contributed by atoms with van der Waals surface area (Å²) < 4.78 is 13.2. The molecule has 0 atom stereocenters. The lowest BCUT2D eigenvalue weighted by atomic mass is 10.0. The lowest BCUT2D eigenvalue weighted by Crippen LogP contribution is -2.34. The summed E-state index contributed by atoms with van der Waals surface area (Å²) >= 11 is 0. The molecular weight excluding hydrogens is 217 g/mol. The van der Waals surface area contributed by atoms with E-state index in [1.807, 2.05) is 6.07 Å². The molecule has 1 fully saturated rings. The first-order valence-electron chi connectivity index (χ1n) is 6.29. The van der Waals surface area contributed by atoms with Crippen molar-refractivity contribution >= 4 is 11.4 Å². The number of anilines is 2. The number of hydrazine groups is 1. The fraction of sp³-hybridized carbons (Fsp3) is 0.538. The topological polar surface area (TPSA) is 32.5 Å². The molecule has 0 aliphatic carbocycles. The average Bonchev–Trinajstić information content (AvgIpc) is 2.73. The average molecular weight is 235 g/mol. The Balaban J connectivity index is 1.89. The highest BCUT2D eigenvalue weighted by atomic mass is 19.1. The van der Waals surface area contributed by atoms with E-state index in [0.29, 0.717) is 12.8 Å². The van der Waals surface area contributed by atoms with Crippen LogP contribution in [0.2, 0.25) is 0 Å². The number of rotatable bonds is 1. The van der Waals surface area contributed by atoms with E-state index < -0.39 is 6.17 Å². The number of nitrogens with zero attached hydrogens (tertiary/aromatic N) is 2. The predicted octanol–water partition coefficient (Wildman–Crippen LogP) is 1.86. The summed E-state index contributed by atoms with van der Waals surface area (Å²) in [5.74, 6) is 5.92. The lowest BCUT2D eigenvalue weighted by molar-refractivity contribution is 0.277. The first-order valence-corrected chi connectivity index (χ1v) is 6.29. The minimum absolute atomic E-state index is 0.617. The van der Waals surface area contributed by atoms with Gasteiger partial charge in [-0.25, -0.2) is 10.2 Å². The Kier molecular flexibility index (Phi) is 2.67. The number of nitrogens with two attached hydrogens (primary N) is 1. The van der Waals surface area contributed by atoms with Crippen LogP contribution in [0, 0.1) is 0 Å². The van der Waals surface area contributed by atoms with Crippen LogP contribution in [0.4, 0.5) is 15.8 Å². The van der Waals surface area contributed by atoms with Crippen LogP contribution in [0.15, 0.2) is 18.2 Å². The summed E-state index contributed by atoms with van der Waals surface area (Å²) in [7, 11) is 0. The molecule has 17 heavy (non-hydrogen) atoms. The SMILES string of the molecule is NN1CCc2c1cccc2N1CCC(F)CC1. The van der Waals surface area contributed by atoms with Crippen LogP contribution in [0.25, 0.3) is 0 Å². The highest BCUT2D eigenvalue weighted by Gasteiger charge is 2.25. The Bertz CT molecular complexity index is 413. The number of alkyl halides is 1. The van der Waals surface area contributed by atoms with Crippen LogP contribution >= 0.6 is 0 Å². The number of halogens is 1. The maximum Gasteiger partial charge on any atom is 0.103 e. The molecule has 2 heterocycles. The Morgan fingerprint density at radius 3 is 2.59 bits per heavy atom. The summed E-state index contributed by atoms with van der Waals surface area (Å²) in [6, 6.07) is 6.24. The van der Waals surface area contributed by atoms with Gasteiger partial charge in [-0.1, -0.05) is 6.07 Å². The molecule has 3 rings (SSSR count). The summed E-state index contributed by atoms with van der Waals surface area (Å²) in [5, 5.41) is 1.81. The van der Waals surface area contributed by atoms with Crippen molar-refractivity contribution in [3.8, 4) is 0 Å². The number of fused-ring (bicyclic) bond motifs is 1. The summed E-state index contributed by atoms with van der Waals surface area (Å²) in [6.45, 7) is 2.52. The fourth-order valence-electron chi connectivity index (χ4n) is 2.83. The molecule has 1 aromatic carbocycles. The number of hydrogen-bond donors (Lipinski definition) is 1. The van der Waals surface area contributed by atoms with Crippen LogP contribution in [0.5, 0.6) is 0 Å². The zero-order valence-corrected chi connectivity index (χ0v) is 9.90. The highest BCUT2D eigenvalue weighted by Crippen LogP contribution is 2.35. The number of hydrogen-bond acceptors (Lipinski definition) is 3. The van der Waals surface area contributed by atoms with Crippen molar-refractivity contribution in [2.45, 2.75) is 25.4 Å². The van der Waals surface area contributed by atoms with Crippen LogP contribution in [-0.2, 0) is 6.42 Å². The molecule has 0 radical (unpaired) electrons. The van der Waals surface area contributed by atoms with E-state index in [2.05, 4.69) is 17.0 Å². The monoisotopic (exact) mass is 235 g/mol. The summed E-state index contributed by atoms with van der Waals surface area (Å²) in [6.07, 6.45) is 1.68. The van der Waals surface area contributed by atoms with E-state index >= 15 is 0 Å². The van der Waals surface area contributed by atoms with E-state index in [4.69, 9.17) is 5.84 Å². The molecule has 92 valence electrons. The molecule has 0 saturated carbocycles. The second kappa shape index (κ2) is 4.18. The minimum atomic E-state index is -0.617. The lowest BCUT2D eigenvalue weighted by Gasteiger charge is -2.32. The van der Waals surface area contributed by atoms with Gasteiger partial charge in [0.2, 0.25) is 0 Å². The van der Waals surface area contributed by atoms with Crippen LogP contribution in [-0.4, -0.2) is 25.8 Å². The predicted molar refractivity (Wildman–Crippen MR) is 68.0 cm³/mol. The first kappa shape index (κ1) is 10.8. The van der Waals surface area contributed by atoms with Gasteiger partial charge in [0, 0.05) is 30.9 Å². The van der Waals surface area contributed by atoms with E-state index in [9.17, 15) is 4.39 Å². The van der Waals surface area contributed by atoms with Gasteiger partial charge in [0.25, 0.3) is 0 Å². The normalized spacial score (nSPS) is 20.8. The summed E-state index contributed by atoms with van der Waals surface area (Å²) in [4.78, 5) is 2.30. The Labute approximate surface area is 101 Å². The van der Waals surface area contributed by atoms with Gasteiger partial charge >= 0.3 is 0 Å². The Morgan fingerprint density at radius 1 is 1.12 bits per heavy atom. The second-order valence-electron chi connectivity index (χ2n) is 4.88. The van der Waals surface area contributed by atoms with Gasteiger partial charge < -0.3 is 9.91 Å². The maximum atomic E-state index is 13.2. The van der Waals surface area contributed by atoms with Crippen LogP contribution in [0.3, 0.4) is 0 Å². The van der Waals surface area contributed by atoms with Gasteiger partial charge in [0.05, 0.1) is 5.69 Å². The summed E-state index contributed by atoms with van der Waals surface area (Å²) in [5.41, 5.74) is 3.71. The van der Waals surface area contributed by atoms with Gasteiger partial charge in [-0.05, 0) is 31.4 Å². The smallest absolute Gasteiger partial charge is 0.103 e. The molecule has 2 N–H and O–H groups in total. The molecule has 2 aliphatic heterocycles. The Morgan fingerprint density at radius 2 is 1.82 bits per heavy atom. The van der Waals surface area contributed by atoms with Crippen LogP contribution in [0.1, 0.15) is 18.4 Å². The van der Waals surface area contributed by atoms with Crippen molar-refractivity contribution in [2.75, 3.05) is 29.5 Å². The number of piperidine rings is 1. The third-order valence-corrected chi connectivity index (χ3v) is 3.80. The van der Waals surface area contributed by atoms with E-state index in [0.717, 1.165) is 31.7 Å². The van der Waals surface area contributed by atoms with Crippen molar-refractivity contribution in [3.05, 3.63) is 23.8 Å². The van der Waals surface area contributed by atoms with Crippen molar-refractivity contribution in [1.82, 2.24) is 0 Å². The van der Waals surface area contributed by atoms with Crippen molar-refractivity contribution in [3.63, 3.8) is 0 Å². The molecule has 0 unspecified atom stereocenters. The Hall–Kier alpha value is -1.29. The molecule has 0 bridgehead atoms. The van der Waals surface area contributed by atoms with Crippen molar-refractivity contribution in [1.29, 1.82) is 0 Å². The molecule has 0 amide bonds. The quantitative estimate of drug-likeness (QED) is 0.754. The van der Waals surface area contributed by atoms with E-state index in [-0.39, 0.29) is 0 Å². The van der Waals surface area contributed by atoms with Crippen molar-refractivity contribution in [2.24, 2.45) is 5.84 Å². The van der Waals surface area contributed by atoms with Crippen molar-refractivity contribution < 1.29 is 4.39 Å². The molecule has 0 spiro atoms. The highest BCUT2D eigenvalue weighted by molar-refractivity contribution is 5.70. The minimum Gasteiger partial charge on any atom is -0.371 e. The number of benzene rings is 1. The van der Waals surface area contributed by atoms with Gasteiger partial charge in [-0.15, -0.1) is 0 Å². The third-order valence-electron chi connectivity index (χ3n) is 3.80. The molecule has 3 nitrogen and oxygen atoms in total. The molecule has 4 heteroatoms. The fourth-order valence-corrected chi connectivity index (χ4v) is 2.83. The first-order chi connectivity index (χ1) is 8.25. The standard InChI is InChI=1S/C13H18FN3/c14-10-4-7-16(8-5-10)12-2-1-3-13-11(12)6-9-17(13)15/h1-3,10H,4-9,15H2. The van der Waals surface area contributed by atoms with E-state index in [1.54, 1.807) is 5.01 Å². The molecule has 2 aliphatic rings. The van der Waals surface area contributed by atoms with Gasteiger partial charge in [0.15, 0.2) is 0 Å². The van der Waals surface area contributed by atoms with Gasteiger partial charge in [-0.3, -0.25) is 0 Å². The molecule has 0 aromatic heterocycles. The van der Waals surface area contributed by atoms with Crippen LogP contribution < -0.4 is 15.8 Å². The third kappa shape index (κ3) is 1.86. The van der Waals surface area contributed by atoms with Gasteiger partial charge in [-0.2, -0.15) is 0 Å². The molecular formula is C13H18FN3. The zero-order chi connectivity index (χ0) is 11.8. The second-order valence-corrected chi connectivity index (χ2v) is 4.88.